The molecule has 0 fully saturated rings. The van der Waals surface area contributed by atoms with Crippen LogP contribution >= 0.6 is 0 Å². The minimum atomic E-state index is -0.783. The van der Waals surface area contributed by atoms with Crippen LogP contribution in [0.1, 0.15) is 297 Å². The van der Waals surface area contributed by atoms with Gasteiger partial charge < -0.3 is 14.2 Å². The summed E-state index contributed by atoms with van der Waals surface area (Å²) in [5.41, 5.74) is 0. The first kappa shape index (κ1) is 66.9. The van der Waals surface area contributed by atoms with Gasteiger partial charge in [0.15, 0.2) is 6.10 Å². The maximum atomic E-state index is 12.8. The van der Waals surface area contributed by atoms with E-state index in [-0.39, 0.29) is 31.1 Å². The maximum absolute atomic E-state index is 12.8. The van der Waals surface area contributed by atoms with Crippen molar-refractivity contribution in [1.29, 1.82) is 0 Å². The molecule has 0 aliphatic carbocycles. The average molecular weight is 978 g/mol. The van der Waals surface area contributed by atoms with E-state index in [1.165, 1.54) is 148 Å². The normalized spacial score (nSPS) is 12.6. The molecule has 0 aromatic heterocycles. The van der Waals surface area contributed by atoms with E-state index in [0.29, 0.717) is 19.3 Å². The summed E-state index contributed by atoms with van der Waals surface area (Å²) in [6.07, 6.45) is 74.8. The van der Waals surface area contributed by atoms with Gasteiger partial charge in [-0.05, 0) is 89.9 Å². The van der Waals surface area contributed by atoms with Crippen molar-refractivity contribution in [3.63, 3.8) is 0 Å². The van der Waals surface area contributed by atoms with Crippen molar-refractivity contribution in [3.8, 4) is 0 Å². The highest BCUT2D eigenvalue weighted by molar-refractivity contribution is 5.71. The molecule has 1 unspecified atom stereocenters. The Bertz CT molecular complexity index is 1310. The molecule has 0 amide bonds. The van der Waals surface area contributed by atoms with Gasteiger partial charge in [-0.1, -0.05) is 261 Å². The molecule has 70 heavy (non-hydrogen) atoms. The molecule has 0 spiro atoms. The Hall–Kier alpha value is -3.15. The molecule has 0 bridgehead atoms. The van der Waals surface area contributed by atoms with Crippen molar-refractivity contribution in [1.82, 2.24) is 0 Å². The van der Waals surface area contributed by atoms with E-state index >= 15 is 0 Å². The van der Waals surface area contributed by atoms with Crippen LogP contribution in [-0.2, 0) is 28.6 Å². The molecule has 0 saturated carbocycles. The van der Waals surface area contributed by atoms with Crippen LogP contribution in [0.4, 0.5) is 0 Å². The SMILES string of the molecule is CC/C=C\C/C=C\C/C=C\CCCCCCCC(=O)OC(COC(=O)CCCCCCCCCCCC)COC(=O)CCCCCCCCCCCCCC/C=C\C/C=C\C/C=C\CCCCCCC. The fourth-order valence-corrected chi connectivity index (χ4v) is 8.47. The number of hydrogen-bond acceptors (Lipinski definition) is 6. The van der Waals surface area contributed by atoms with Crippen LogP contribution in [0.5, 0.6) is 0 Å². The molecular formula is C64H112O6. The molecule has 0 heterocycles. The van der Waals surface area contributed by atoms with E-state index in [4.69, 9.17) is 14.2 Å². The third-order valence-electron chi connectivity index (χ3n) is 12.9. The van der Waals surface area contributed by atoms with Gasteiger partial charge in [-0.3, -0.25) is 14.4 Å². The highest BCUT2D eigenvalue weighted by atomic mass is 16.6. The van der Waals surface area contributed by atoms with Gasteiger partial charge in [0.2, 0.25) is 0 Å². The lowest BCUT2D eigenvalue weighted by atomic mass is 10.0. The number of rotatable bonds is 54. The van der Waals surface area contributed by atoms with Gasteiger partial charge in [0, 0.05) is 19.3 Å². The highest BCUT2D eigenvalue weighted by Crippen LogP contribution is 2.16. The smallest absolute Gasteiger partial charge is 0.306 e. The van der Waals surface area contributed by atoms with E-state index in [9.17, 15) is 14.4 Å². The lowest BCUT2D eigenvalue weighted by Gasteiger charge is -2.18. The highest BCUT2D eigenvalue weighted by Gasteiger charge is 2.19. The lowest BCUT2D eigenvalue weighted by Crippen LogP contribution is -2.30. The zero-order valence-electron chi connectivity index (χ0n) is 46.3. The molecule has 0 aromatic carbocycles. The number of carbonyl (C=O) groups excluding carboxylic acids is 3. The quantitative estimate of drug-likeness (QED) is 0.0261. The molecule has 0 aliphatic rings. The number of allylic oxidation sites excluding steroid dienone is 12. The molecule has 1 atom stereocenters. The lowest BCUT2D eigenvalue weighted by molar-refractivity contribution is -0.167. The number of esters is 3. The number of unbranched alkanes of at least 4 members (excludes halogenated alkanes) is 31. The molecule has 6 heteroatoms. The summed E-state index contributed by atoms with van der Waals surface area (Å²) in [5, 5.41) is 0. The van der Waals surface area contributed by atoms with Crippen LogP contribution in [0.15, 0.2) is 72.9 Å². The van der Waals surface area contributed by atoms with Crippen molar-refractivity contribution in [2.24, 2.45) is 0 Å². The Balaban J connectivity index is 4.21. The molecule has 0 radical (unpaired) electrons. The molecule has 0 saturated heterocycles. The van der Waals surface area contributed by atoms with Crippen molar-refractivity contribution in [2.75, 3.05) is 13.2 Å². The van der Waals surface area contributed by atoms with Gasteiger partial charge in [-0.2, -0.15) is 0 Å². The standard InChI is InChI=1S/C64H112O6/c1-4-7-10-13-16-19-22-24-26-27-28-29-30-31-32-33-34-35-36-37-39-40-42-45-48-51-54-57-63(66)69-60-61(59-68-62(65)56-53-50-47-44-21-18-15-12-9-6-3)70-64(67)58-55-52-49-46-43-41-38-25-23-20-17-14-11-8-5-2/h8,11,17,20,22,24-25,27-28,30-31,38,61H,4-7,9-10,12-16,18-19,21,23,26,29,32-37,39-60H2,1-3H3/b11-8-,20-17-,24-22-,28-27-,31-30-,38-25-. The Morgan fingerprint density at radius 3 is 0.871 bits per heavy atom. The zero-order valence-corrected chi connectivity index (χ0v) is 46.3. The van der Waals surface area contributed by atoms with E-state index in [0.717, 1.165) is 109 Å². The van der Waals surface area contributed by atoms with Crippen molar-refractivity contribution < 1.29 is 28.6 Å². The fraction of sp³-hybridized carbons (Fsp3) is 0.766. The first-order chi connectivity index (χ1) is 34.5. The topological polar surface area (TPSA) is 78.9 Å². The average Bonchev–Trinajstić information content (AvgIpc) is 3.36. The largest absolute Gasteiger partial charge is 0.462 e. The molecule has 6 nitrogen and oxygen atoms in total. The molecule has 0 N–H and O–H groups in total. The third kappa shape index (κ3) is 55.8. The van der Waals surface area contributed by atoms with Crippen LogP contribution < -0.4 is 0 Å². The Morgan fingerprint density at radius 1 is 0.300 bits per heavy atom. The number of ether oxygens (including phenoxy) is 3. The number of hydrogen-bond donors (Lipinski definition) is 0. The van der Waals surface area contributed by atoms with Gasteiger partial charge >= 0.3 is 17.9 Å². The van der Waals surface area contributed by atoms with Crippen molar-refractivity contribution in [2.45, 2.75) is 303 Å². The van der Waals surface area contributed by atoms with Crippen LogP contribution in [-0.4, -0.2) is 37.2 Å². The summed E-state index contributed by atoms with van der Waals surface area (Å²) in [4.78, 5) is 38.1. The summed E-state index contributed by atoms with van der Waals surface area (Å²) in [5.74, 6) is -0.892. The predicted molar refractivity (Wildman–Crippen MR) is 302 cm³/mol. The molecule has 404 valence electrons. The van der Waals surface area contributed by atoms with Crippen molar-refractivity contribution >= 4 is 17.9 Å². The van der Waals surface area contributed by atoms with Crippen LogP contribution in [0.2, 0.25) is 0 Å². The first-order valence-electron chi connectivity index (χ1n) is 29.9. The maximum Gasteiger partial charge on any atom is 0.306 e. The Kier molecular flexibility index (Phi) is 55.8. The minimum absolute atomic E-state index is 0.0806. The third-order valence-corrected chi connectivity index (χ3v) is 12.9. The zero-order chi connectivity index (χ0) is 50.7. The predicted octanol–water partition coefficient (Wildman–Crippen LogP) is 20.2. The molecule has 0 aliphatic heterocycles. The van der Waals surface area contributed by atoms with Gasteiger partial charge in [-0.15, -0.1) is 0 Å². The molecule has 0 rings (SSSR count). The van der Waals surface area contributed by atoms with Crippen LogP contribution in [0.3, 0.4) is 0 Å². The molecule has 0 aromatic rings. The Morgan fingerprint density at radius 2 is 0.557 bits per heavy atom. The number of carbonyl (C=O) groups is 3. The van der Waals surface area contributed by atoms with Crippen LogP contribution in [0.25, 0.3) is 0 Å². The second kappa shape index (κ2) is 58.4. The summed E-state index contributed by atoms with van der Waals surface area (Å²) in [6.45, 7) is 6.51. The summed E-state index contributed by atoms with van der Waals surface area (Å²) in [7, 11) is 0. The Labute approximate surface area is 433 Å². The second-order valence-corrected chi connectivity index (χ2v) is 19.9. The summed E-state index contributed by atoms with van der Waals surface area (Å²) in [6, 6.07) is 0. The van der Waals surface area contributed by atoms with Gasteiger partial charge in [-0.25, -0.2) is 0 Å². The van der Waals surface area contributed by atoms with Crippen molar-refractivity contribution in [3.05, 3.63) is 72.9 Å². The van der Waals surface area contributed by atoms with E-state index in [1.807, 2.05) is 0 Å². The summed E-state index contributed by atoms with van der Waals surface area (Å²) >= 11 is 0. The summed E-state index contributed by atoms with van der Waals surface area (Å²) < 4.78 is 16.8. The van der Waals surface area contributed by atoms with Gasteiger partial charge in [0.05, 0.1) is 0 Å². The van der Waals surface area contributed by atoms with E-state index in [1.54, 1.807) is 0 Å². The van der Waals surface area contributed by atoms with Crippen LogP contribution in [0, 0.1) is 0 Å². The first-order valence-corrected chi connectivity index (χ1v) is 29.9. The van der Waals surface area contributed by atoms with Gasteiger partial charge in [0.1, 0.15) is 13.2 Å². The fourth-order valence-electron chi connectivity index (χ4n) is 8.47. The van der Waals surface area contributed by atoms with Gasteiger partial charge in [0.25, 0.3) is 0 Å². The second-order valence-electron chi connectivity index (χ2n) is 19.9. The van der Waals surface area contributed by atoms with E-state index < -0.39 is 6.10 Å². The molecular weight excluding hydrogens is 865 g/mol. The monoisotopic (exact) mass is 977 g/mol. The van der Waals surface area contributed by atoms with E-state index in [2.05, 4.69) is 93.7 Å². The minimum Gasteiger partial charge on any atom is -0.462 e.